The molecular formula is C20H21ClN2O4. The number of carbonyl (C=O) groups is 2. The van der Waals surface area contributed by atoms with Gasteiger partial charge in [-0.25, -0.2) is 0 Å². The summed E-state index contributed by atoms with van der Waals surface area (Å²) in [6, 6.07) is 10.1. The monoisotopic (exact) mass is 388 g/mol. The van der Waals surface area contributed by atoms with Crippen molar-refractivity contribution in [1.82, 2.24) is 5.32 Å². The molecule has 0 saturated carbocycles. The van der Waals surface area contributed by atoms with Gasteiger partial charge < -0.3 is 20.1 Å². The van der Waals surface area contributed by atoms with Gasteiger partial charge in [-0.15, -0.1) is 0 Å². The molecule has 0 heterocycles. The second-order valence-corrected chi connectivity index (χ2v) is 5.91. The summed E-state index contributed by atoms with van der Waals surface area (Å²) in [6.45, 7) is 2.38. The average molecular weight is 389 g/mol. The number of amides is 2. The number of ether oxygens (including phenoxy) is 2. The van der Waals surface area contributed by atoms with Gasteiger partial charge in [0.05, 0.1) is 19.2 Å². The van der Waals surface area contributed by atoms with Crippen molar-refractivity contribution in [3.05, 3.63) is 58.6 Å². The Morgan fingerprint density at radius 1 is 1.15 bits per heavy atom. The molecule has 0 aliphatic rings. The average Bonchev–Trinajstić information content (AvgIpc) is 2.66. The maximum Gasteiger partial charge on any atom is 0.251 e. The van der Waals surface area contributed by atoms with Gasteiger partial charge in [0.25, 0.3) is 5.91 Å². The standard InChI is InChI=1S/C20H21ClN2O4/c1-4-22-20(25)14-6-5-7-15(12-14)23-18(24)9-8-13-10-16(21)19(27-3)17(11-13)26-2/h5-12H,4H2,1-3H3,(H,22,25)(H,23,24)/b9-8+. The van der Waals surface area contributed by atoms with Crippen LogP contribution in [0, 0.1) is 0 Å². The molecule has 2 N–H and O–H groups in total. The van der Waals surface area contributed by atoms with Gasteiger partial charge in [-0.2, -0.15) is 0 Å². The van der Waals surface area contributed by atoms with Crippen molar-refractivity contribution in [3.63, 3.8) is 0 Å². The zero-order valence-electron chi connectivity index (χ0n) is 15.3. The van der Waals surface area contributed by atoms with Crippen LogP contribution < -0.4 is 20.1 Å². The molecule has 0 saturated heterocycles. The molecular weight excluding hydrogens is 368 g/mol. The molecule has 0 atom stereocenters. The van der Waals surface area contributed by atoms with E-state index in [0.29, 0.717) is 39.9 Å². The lowest BCUT2D eigenvalue weighted by molar-refractivity contribution is -0.111. The second kappa shape index (κ2) is 9.64. The molecule has 0 spiro atoms. The lowest BCUT2D eigenvalue weighted by Gasteiger charge is -2.10. The summed E-state index contributed by atoms with van der Waals surface area (Å²) in [5.74, 6) is 0.376. The van der Waals surface area contributed by atoms with Crippen LogP contribution in [0.4, 0.5) is 5.69 Å². The summed E-state index contributed by atoms with van der Waals surface area (Å²) >= 11 is 6.15. The molecule has 2 amide bonds. The number of anilines is 1. The third-order valence-electron chi connectivity index (χ3n) is 3.61. The van der Waals surface area contributed by atoms with Crippen molar-refractivity contribution in [2.45, 2.75) is 6.92 Å². The second-order valence-electron chi connectivity index (χ2n) is 5.50. The summed E-state index contributed by atoms with van der Waals surface area (Å²) in [6.07, 6.45) is 2.98. The molecule has 7 heteroatoms. The van der Waals surface area contributed by atoms with Crippen molar-refractivity contribution in [1.29, 1.82) is 0 Å². The van der Waals surface area contributed by atoms with E-state index in [1.165, 1.54) is 20.3 Å². The maximum absolute atomic E-state index is 12.2. The summed E-state index contributed by atoms with van der Waals surface area (Å²) in [5, 5.41) is 5.82. The van der Waals surface area contributed by atoms with Crippen LogP contribution in [-0.2, 0) is 4.79 Å². The van der Waals surface area contributed by atoms with Crippen molar-refractivity contribution in [2.75, 3.05) is 26.1 Å². The number of hydrogen-bond acceptors (Lipinski definition) is 4. The van der Waals surface area contributed by atoms with Gasteiger partial charge in [0.1, 0.15) is 0 Å². The van der Waals surface area contributed by atoms with E-state index in [0.717, 1.165) is 0 Å². The van der Waals surface area contributed by atoms with E-state index >= 15 is 0 Å². The molecule has 0 aliphatic carbocycles. The van der Waals surface area contributed by atoms with Crippen LogP contribution in [-0.4, -0.2) is 32.6 Å². The van der Waals surface area contributed by atoms with Crippen LogP contribution >= 0.6 is 11.6 Å². The highest BCUT2D eigenvalue weighted by atomic mass is 35.5. The van der Waals surface area contributed by atoms with Crippen LogP contribution in [0.15, 0.2) is 42.5 Å². The van der Waals surface area contributed by atoms with Crippen LogP contribution in [0.5, 0.6) is 11.5 Å². The number of nitrogens with one attached hydrogen (secondary N) is 2. The van der Waals surface area contributed by atoms with Crippen molar-refractivity contribution >= 4 is 35.2 Å². The van der Waals surface area contributed by atoms with Crippen LogP contribution in [0.3, 0.4) is 0 Å². The summed E-state index contributed by atoms with van der Waals surface area (Å²) in [7, 11) is 3.01. The minimum Gasteiger partial charge on any atom is -0.493 e. The Morgan fingerprint density at radius 2 is 1.93 bits per heavy atom. The largest absolute Gasteiger partial charge is 0.493 e. The molecule has 2 rings (SSSR count). The lowest BCUT2D eigenvalue weighted by Crippen LogP contribution is -2.22. The Morgan fingerprint density at radius 3 is 2.59 bits per heavy atom. The molecule has 0 radical (unpaired) electrons. The third kappa shape index (κ3) is 5.49. The lowest BCUT2D eigenvalue weighted by atomic mass is 10.1. The summed E-state index contributed by atoms with van der Waals surface area (Å²) < 4.78 is 10.4. The van der Waals surface area contributed by atoms with Gasteiger partial charge in [-0.1, -0.05) is 17.7 Å². The number of methoxy groups -OCH3 is 2. The zero-order valence-corrected chi connectivity index (χ0v) is 16.1. The van der Waals surface area contributed by atoms with E-state index in [1.54, 1.807) is 42.5 Å². The van der Waals surface area contributed by atoms with Gasteiger partial charge in [-0.05, 0) is 48.9 Å². The first-order chi connectivity index (χ1) is 13.0. The minimum atomic E-state index is -0.339. The predicted octanol–water partition coefficient (Wildman–Crippen LogP) is 3.76. The third-order valence-corrected chi connectivity index (χ3v) is 3.89. The van der Waals surface area contributed by atoms with Gasteiger partial charge in [0, 0.05) is 23.9 Å². The Bertz CT molecular complexity index is 865. The van der Waals surface area contributed by atoms with Gasteiger partial charge in [-0.3, -0.25) is 9.59 Å². The molecule has 27 heavy (non-hydrogen) atoms. The van der Waals surface area contributed by atoms with Gasteiger partial charge >= 0.3 is 0 Å². The first-order valence-electron chi connectivity index (χ1n) is 8.27. The van der Waals surface area contributed by atoms with Crippen molar-refractivity contribution in [3.8, 4) is 11.5 Å². The van der Waals surface area contributed by atoms with E-state index in [-0.39, 0.29) is 11.8 Å². The molecule has 2 aromatic rings. The highest BCUT2D eigenvalue weighted by Gasteiger charge is 2.10. The first kappa shape index (κ1) is 20.3. The maximum atomic E-state index is 12.2. The number of hydrogen-bond donors (Lipinski definition) is 2. The van der Waals surface area contributed by atoms with Crippen molar-refractivity contribution < 1.29 is 19.1 Å². The molecule has 0 aromatic heterocycles. The predicted molar refractivity (Wildman–Crippen MR) is 107 cm³/mol. The molecule has 142 valence electrons. The molecule has 0 aliphatic heterocycles. The van der Waals surface area contributed by atoms with Crippen LogP contribution in [0.2, 0.25) is 5.02 Å². The van der Waals surface area contributed by atoms with Crippen molar-refractivity contribution in [2.24, 2.45) is 0 Å². The molecule has 0 unspecified atom stereocenters. The molecule has 0 bridgehead atoms. The van der Waals surface area contributed by atoms with E-state index < -0.39 is 0 Å². The fourth-order valence-electron chi connectivity index (χ4n) is 2.39. The summed E-state index contributed by atoms with van der Waals surface area (Å²) in [5.41, 5.74) is 1.69. The Labute approximate surface area is 163 Å². The number of halogens is 1. The van der Waals surface area contributed by atoms with E-state index in [1.807, 2.05) is 6.92 Å². The Balaban J connectivity index is 2.11. The number of carbonyl (C=O) groups excluding carboxylic acids is 2. The Hall–Kier alpha value is -2.99. The quantitative estimate of drug-likeness (QED) is 0.708. The van der Waals surface area contributed by atoms with Gasteiger partial charge in [0.15, 0.2) is 11.5 Å². The number of rotatable bonds is 7. The smallest absolute Gasteiger partial charge is 0.251 e. The molecule has 6 nitrogen and oxygen atoms in total. The molecule has 2 aromatic carbocycles. The van der Waals surface area contributed by atoms with Crippen LogP contribution in [0.25, 0.3) is 6.08 Å². The SMILES string of the molecule is CCNC(=O)c1cccc(NC(=O)/C=C/c2cc(Cl)c(OC)c(OC)c2)c1. The van der Waals surface area contributed by atoms with E-state index in [4.69, 9.17) is 21.1 Å². The highest BCUT2D eigenvalue weighted by molar-refractivity contribution is 6.32. The highest BCUT2D eigenvalue weighted by Crippen LogP contribution is 2.36. The van der Waals surface area contributed by atoms with E-state index in [9.17, 15) is 9.59 Å². The Kier molecular flexibility index (Phi) is 7.25. The topological polar surface area (TPSA) is 76.7 Å². The fraction of sp³-hybridized carbons (Fsp3) is 0.200. The number of benzene rings is 2. The van der Waals surface area contributed by atoms with E-state index in [2.05, 4.69) is 10.6 Å². The fourth-order valence-corrected chi connectivity index (χ4v) is 2.69. The first-order valence-corrected chi connectivity index (χ1v) is 8.65. The summed E-state index contributed by atoms with van der Waals surface area (Å²) in [4.78, 5) is 24.0. The molecule has 0 fully saturated rings. The minimum absolute atomic E-state index is 0.191. The zero-order chi connectivity index (χ0) is 19.8. The normalized spacial score (nSPS) is 10.5. The van der Waals surface area contributed by atoms with Crippen LogP contribution in [0.1, 0.15) is 22.8 Å². The van der Waals surface area contributed by atoms with Gasteiger partial charge in [0.2, 0.25) is 5.91 Å².